The van der Waals surface area contributed by atoms with Gasteiger partial charge in [0, 0.05) is 19.6 Å². The molecule has 0 saturated carbocycles. The van der Waals surface area contributed by atoms with E-state index < -0.39 is 5.82 Å². The van der Waals surface area contributed by atoms with Crippen molar-refractivity contribution in [3.63, 3.8) is 0 Å². The number of hydrogen-bond acceptors (Lipinski definition) is 6. The molecule has 8 heteroatoms. The Kier molecular flexibility index (Phi) is 4.98. The molecule has 1 aliphatic heterocycles. The van der Waals surface area contributed by atoms with Crippen LogP contribution in [-0.2, 0) is 11.2 Å². The number of carbonyl (C=O) groups is 1. The van der Waals surface area contributed by atoms with Crippen molar-refractivity contribution in [2.45, 2.75) is 19.4 Å². The molecule has 0 bridgehead atoms. The second-order valence-electron chi connectivity index (χ2n) is 6.16. The van der Waals surface area contributed by atoms with Gasteiger partial charge in [-0.3, -0.25) is 9.69 Å². The Morgan fingerprint density at radius 1 is 1.44 bits per heavy atom. The molecule has 0 radical (unpaired) electrons. The molecule has 25 heavy (non-hydrogen) atoms. The first-order chi connectivity index (χ1) is 12.0. The van der Waals surface area contributed by atoms with Crippen LogP contribution in [-0.4, -0.2) is 59.6 Å². The molecule has 1 aromatic carbocycles. The number of rotatable bonds is 4. The molecule has 1 atom stereocenters. The van der Waals surface area contributed by atoms with Crippen LogP contribution < -0.4 is 4.74 Å². The fourth-order valence-corrected chi connectivity index (χ4v) is 2.92. The summed E-state index contributed by atoms with van der Waals surface area (Å²) in [4.78, 5) is 20.7. The minimum atomic E-state index is -0.467. The van der Waals surface area contributed by atoms with Gasteiger partial charge in [0.15, 0.2) is 17.4 Å². The van der Waals surface area contributed by atoms with Crippen molar-refractivity contribution < 1.29 is 18.4 Å². The lowest BCUT2D eigenvalue weighted by Crippen LogP contribution is -2.49. The Morgan fingerprint density at radius 2 is 2.24 bits per heavy atom. The van der Waals surface area contributed by atoms with Gasteiger partial charge < -0.3 is 14.2 Å². The normalized spacial score (nSPS) is 18.4. The zero-order valence-corrected chi connectivity index (χ0v) is 14.5. The summed E-state index contributed by atoms with van der Waals surface area (Å²) in [5.41, 5.74) is 0.618. The lowest BCUT2D eigenvalue weighted by Gasteiger charge is -2.37. The zero-order valence-electron chi connectivity index (χ0n) is 14.5. The van der Waals surface area contributed by atoms with Crippen LogP contribution in [0.4, 0.5) is 4.39 Å². The standard InChI is InChI=1S/C17H21FN4O3/c1-11-19-17(25-20-11)14-10-22(7-6-21(14)2)16(23)9-12-4-5-15(24-3)13(18)8-12/h4-5,8,14H,6-7,9-10H2,1-3H3/t14-/m0/s1. The lowest BCUT2D eigenvalue weighted by molar-refractivity contribution is -0.133. The predicted molar refractivity (Wildman–Crippen MR) is 87.6 cm³/mol. The number of aromatic nitrogens is 2. The molecule has 7 nitrogen and oxygen atoms in total. The molecule has 134 valence electrons. The summed E-state index contributed by atoms with van der Waals surface area (Å²) in [6.45, 7) is 3.54. The Balaban J connectivity index is 1.68. The molecule has 2 heterocycles. The maximum Gasteiger partial charge on any atom is 0.245 e. The van der Waals surface area contributed by atoms with Gasteiger partial charge in [0.2, 0.25) is 11.8 Å². The SMILES string of the molecule is COc1ccc(CC(=O)N2CCN(C)[C@H](c3nc(C)no3)C2)cc1F. The molecule has 3 rings (SSSR count). The molecule has 1 fully saturated rings. The molecule has 0 unspecified atom stereocenters. The van der Waals surface area contributed by atoms with E-state index in [2.05, 4.69) is 15.0 Å². The summed E-state index contributed by atoms with van der Waals surface area (Å²) in [6.07, 6.45) is 0.139. The molecule has 0 aliphatic carbocycles. The highest BCUT2D eigenvalue weighted by Gasteiger charge is 2.32. The Labute approximate surface area is 145 Å². The average molecular weight is 348 g/mol. The van der Waals surface area contributed by atoms with Gasteiger partial charge in [0.1, 0.15) is 6.04 Å². The van der Waals surface area contributed by atoms with E-state index in [-0.39, 0.29) is 24.1 Å². The van der Waals surface area contributed by atoms with Gasteiger partial charge in [-0.2, -0.15) is 4.98 Å². The topological polar surface area (TPSA) is 71.7 Å². The smallest absolute Gasteiger partial charge is 0.245 e. The van der Waals surface area contributed by atoms with E-state index in [1.807, 2.05) is 7.05 Å². The third kappa shape index (κ3) is 3.79. The first-order valence-corrected chi connectivity index (χ1v) is 8.08. The number of ether oxygens (including phenoxy) is 1. The summed E-state index contributed by atoms with van der Waals surface area (Å²) in [7, 11) is 3.37. The van der Waals surface area contributed by atoms with E-state index in [0.717, 1.165) is 0 Å². The highest BCUT2D eigenvalue weighted by molar-refractivity contribution is 5.79. The van der Waals surface area contributed by atoms with E-state index in [0.29, 0.717) is 36.9 Å². The summed E-state index contributed by atoms with van der Waals surface area (Å²) in [5.74, 6) is 0.723. The van der Waals surface area contributed by atoms with Crippen LogP contribution >= 0.6 is 0 Å². The molecular weight excluding hydrogens is 327 g/mol. The molecule has 0 N–H and O–H groups in total. The third-order valence-corrected chi connectivity index (χ3v) is 4.40. The van der Waals surface area contributed by atoms with Crippen molar-refractivity contribution in [1.82, 2.24) is 19.9 Å². The number of halogens is 1. The van der Waals surface area contributed by atoms with E-state index in [9.17, 15) is 9.18 Å². The molecule has 1 aliphatic rings. The fourth-order valence-electron chi connectivity index (χ4n) is 2.92. The van der Waals surface area contributed by atoms with E-state index in [1.165, 1.54) is 19.2 Å². The number of likely N-dealkylation sites (N-methyl/N-ethyl adjacent to an activating group) is 1. The maximum absolute atomic E-state index is 13.8. The van der Waals surface area contributed by atoms with Crippen LogP contribution in [0.5, 0.6) is 5.75 Å². The molecule has 1 aromatic heterocycles. The number of carbonyl (C=O) groups excluding carboxylic acids is 1. The zero-order chi connectivity index (χ0) is 18.0. The number of nitrogens with zero attached hydrogens (tertiary/aromatic N) is 4. The fraction of sp³-hybridized carbons (Fsp3) is 0.471. The van der Waals surface area contributed by atoms with Gasteiger partial charge in [-0.1, -0.05) is 11.2 Å². The van der Waals surface area contributed by atoms with Crippen LogP contribution in [0.1, 0.15) is 23.3 Å². The Hall–Kier alpha value is -2.48. The maximum atomic E-state index is 13.8. The third-order valence-electron chi connectivity index (χ3n) is 4.40. The molecule has 0 spiro atoms. The number of hydrogen-bond donors (Lipinski definition) is 0. The van der Waals surface area contributed by atoms with Crippen molar-refractivity contribution in [2.75, 3.05) is 33.8 Å². The number of methoxy groups -OCH3 is 1. The second-order valence-corrected chi connectivity index (χ2v) is 6.16. The Bertz CT molecular complexity index is 764. The van der Waals surface area contributed by atoms with E-state index in [4.69, 9.17) is 9.26 Å². The van der Waals surface area contributed by atoms with E-state index in [1.54, 1.807) is 17.9 Å². The summed E-state index contributed by atoms with van der Waals surface area (Å²) < 4.78 is 24.0. The Morgan fingerprint density at radius 3 is 2.88 bits per heavy atom. The van der Waals surface area contributed by atoms with Gasteiger partial charge >= 0.3 is 0 Å². The van der Waals surface area contributed by atoms with Crippen molar-refractivity contribution in [2.24, 2.45) is 0 Å². The summed E-state index contributed by atoms with van der Waals surface area (Å²) in [5, 5.41) is 3.82. The van der Waals surface area contributed by atoms with Crippen molar-refractivity contribution in [1.29, 1.82) is 0 Å². The van der Waals surface area contributed by atoms with Crippen LogP contribution in [0.15, 0.2) is 22.7 Å². The van der Waals surface area contributed by atoms with Crippen LogP contribution in [0, 0.1) is 12.7 Å². The van der Waals surface area contributed by atoms with Crippen molar-refractivity contribution in [3.05, 3.63) is 41.3 Å². The van der Waals surface area contributed by atoms with Crippen molar-refractivity contribution in [3.8, 4) is 5.75 Å². The number of amides is 1. The molecule has 2 aromatic rings. The van der Waals surface area contributed by atoms with Gasteiger partial charge in [0.05, 0.1) is 13.5 Å². The first kappa shape index (κ1) is 17.3. The first-order valence-electron chi connectivity index (χ1n) is 8.08. The summed E-state index contributed by atoms with van der Waals surface area (Å²) >= 11 is 0. The minimum absolute atomic E-state index is 0.0566. The van der Waals surface area contributed by atoms with Gasteiger partial charge in [0.25, 0.3) is 0 Å². The molecular formula is C17H21FN4O3. The highest BCUT2D eigenvalue weighted by Crippen LogP contribution is 2.24. The lowest BCUT2D eigenvalue weighted by atomic mass is 10.1. The second kappa shape index (κ2) is 7.18. The highest BCUT2D eigenvalue weighted by atomic mass is 19.1. The van der Waals surface area contributed by atoms with Gasteiger partial charge in [-0.05, 0) is 31.7 Å². The average Bonchev–Trinajstić information content (AvgIpc) is 3.01. The minimum Gasteiger partial charge on any atom is -0.494 e. The summed E-state index contributed by atoms with van der Waals surface area (Å²) in [6, 6.07) is 4.44. The number of benzene rings is 1. The van der Waals surface area contributed by atoms with Crippen LogP contribution in [0.3, 0.4) is 0 Å². The van der Waals surface area contributed by atoms with E-state index >= 15 is 0 Å². The van der Waals surface area contributed by atoms with Crippen LogP contribution in [0.25, 0.3) is 0 Å². The largest absolute Gasteiger partial charge is 0.494 e. The molecule has 1 saturated heterocycles. The predicted octanol–water partition coefficient (Wildman–Crippen LogP) is 1.58. The van der Waals surface area contributed by atoms with Crippen molar-refractivity contribution >= 4 is 5.91 Å². The van der Waals surface area contributed by atoms with Gasteiger partial charge in [-0.15, -0.1) is 0 Å². The monoisotopic (exact) mass is 348 g/mol. The molecule has 1 amide bonds. The number of piperazine rings is 1. The quantitative estimate of drug-likeness (QED) is 0.835. The van der Waals surface area contributed by atoms with Crippen LogP contribution in [0.2, 0.25) is 0 Å². The number of aryl methyl sites for hydroxylation is 1. The van der Waals surface area contributed by atoms with Gasteiger partial charge in [-0.25, -0.2) is 4.39 Å².